The van der Waals surface area contributed by atoms with Gasteiger partial charge in [-0.15, -0.1) is 0 Å². The maximum atomic E-state index is 12.7. The molecular formula is C10H12FI. The second kappa shape index (κ2) is 3.32. The molecule has 12 heavy (non-hydrogen) atoms. The standard InChI is InChI=1S/C10H12FI/c1-7-6-8(11)4-5-9(7)10(2,3)12/h4-6H,1-3H3. The first kappa shape index (κ1) is 9.96. The molecule has 1 aromatic rings. The van der Waals surface area contributed by atoms with E-state index in [1.54, 1.807) is 6.07 Å². The lowest BCUT2D eigenvalue weighted by molar-refractivity contribution is 0.624. The lowest BCUT2D eigenvalue weighted by Crippen LogP contribution is -2.08. The van der Waals surface area contributed by atoms with Gasteiger partial charge in [0, 0.05) is 3.42 Å². The molecule has 0 fully saturated rings. The van der Waals surface area contributed by atoms with Crippen LogP contribution in [0.15, 0.2) is 18.2 Å². The number of aryl methyl sites for hydroxylation is 1. The number of benzene rings is 1. The van der Waals surface area contributed by atoms with Crippen molar-refractivity contribution in [2.45, 2.75) is 24.2 Å². The summed E-state index contributed by atoms with van der Waals surface area (Å²) in [4.78, 5) is 0. The van der Waals surface area contributed by atoms with Crippen molar-refractivity contribution in [1.82, 2.24) is 0 Å². The molecule has 0 atom stereocenters. The minimum atomic E-state index is -0.156. The zero-order valence-corrected chi connectivity index (χ0v) is 9.65. The summed E-state index contributed by atoms with van der Waals surface area (Å²) in [7, 11) is 0. The summed E-state index contributed by atoms with van der Waals surface area (Å²) < 4.78 is 12.8. The quantitative estimate of drug-likeness (QED) is 0.541. The minimum absolute atomic E-state index is 0.0789. The van der Waals surface area contributed by atoms with Crippen molar-refractivity contribution < 1.29 is 4.39 Å². The van der Waals surface area contributed by atoms with Crippen molar-refractivity contribution in [3.8, 4) is 0 Å². The van der Waals surface area contributed by atoms with Gasteiger partial charge in [-0.2, -0.15) is 0 Å². The maximum absolute atomic E-state index is 12.7. The summed E-state index contributed by atoms with van der Waals surface area (Å²) >= 11 is 2.36. The molecule has 0 N–H and O–H groups in total. The Labute approximate surface area is 86.3 Å². The predicted octanol–water partition coefficient (Wildman–Crippen LogP) is 3.80. The molecule has 0 aliphatic carbocycles. The topological polar surface area (TPSA) is 0 Å². The van der Waals surface area contributed by atoms with Crippen molar-refractivity contribution in [3.63, 3.8) is 0 Å². The Morgan fingerprint density at radius 2 is 1.92 bits per heavy atom. The number of halogens is 2. The molecule has 0 amide bonds. The van der Waals surface area contributed by atoms with Gasteiger partial charge in [0.1, 0.15) is 5.82 Å². The molecule has 0 radical (unpaired) electrons. The molecule has 0 aliphatic rings. The van der Waals surface area contributed by atoms with Crippen molar-refractivity contribution in [3.05, 3.63) is 35.1 Å². The molecule has 2 heteroatoms. The highest BCUT2D eigenvalue weighted by atomic mass is 127. The van der Waals surface area contributed by atoms with Gasteiger partial charge in [-0.1, -0.05) is 28.7 Å². The molecule has 0 spiro atoms. The van der Waals surface area contributed by atoms with Crippen LogP contribution in [0.5, 0.6) is 0 Å². The van der Waals surface area contributed by atoms with E-state index in [4.69, 9.17) is 0 Å². The van der Waals surface area contributed by atoms with Crippen molar-refractivity contribution in [1.29, 1.82) is 0 Å². The van der Waals surface area contributed by atoms with Gasteiger partial charge < -0.3 is 0 Å². The Kier molecular flexibility index (Phi) is 2.76. The summed E-state index contributed by atoms with van der Waals surface area (Å²) in [6.45, 7) is 6.18. The Balaban J connectivity index is 3.19. The Bertz CT molecular complexity index is 286. The molecule has 1 rings (SSSR count). The normalized spacial score (nSPS) is 11.8. The average Bonchev–Trinajstić information content (AvgIpc) is 1.83. The van der Waals surface area contributed by atoms with Gasteiger partial charge in [0.2, 0.25) is 0 Å². The summed E-state index contributed by atoms with van der Waals surface area (Å²) in [6, 6.07) is 4.95. The number of hydrogen-bond acceptors (Lipinski definition) is 0. The van der Waals surface area contributed by atoms with Crippen LogP contribution < -0.4 is 0 Å². The third-order valence-corrected chi connectivity index (χ3v) is 2.41. The monoisotopic (exact) mass is 278 g/mol. The van der Waals surface area contributed by atoms with Crippen LogP contribution in [0.4, 0.5) is 4.39 Å². The van der Waals surface area contributed by atoms with E-state index in [0.29, 0.717) is 0 Å². The van der Waals surface area contributed by atoms with Gasteiger partial charge in [0.25, 0.3) is 0 Å². The number of alkyl halides is 1. The van der Waals surface area contributed by atoms with E-state index in [9.17, 15) is 4.39 Å². The number of rotatable bonds is 1. The molecule has 0 unspecified atom stereocenters. The first-order valence-electron chi connectivity index (χ1n) is 3.87. The molecule has 0 aliphatic heterocycles. The van der Waals surface area contributed by atoms with Gasteiger partial charge in [0.05, 0.1) is 0 Å². The highest BCUT2D eigenvalue weighted by Crippen LogP contribution is 2.32. The van der Waals surface area contributed by atoms with Gasteiger partial charge in [-0.25, -0.2) is 4.39 Å². The third-order valence-electron chi connectivity index (χ3n) is 1.83. The van der Waals surface area contributed by atoms with Gasteiger partial charge in [-0.05, 0) is 44.0 Å². The van der Waals surface area contributed by atoms with E-state index < -0.39 is 0 Å². The fourth-order valence-corrected chi connectivity index (χ4v) is 1.90. The van der Waals surface area contributed by atoms with Gasteiger partial charge in [0.15, 0.2) is 0 Å². The van der Waals surface area contributed by atoms with Crippen molar-refractivity contribution >= 4 is 22.6 Å². The van der Waals surface area contributed by atoms with E-state index in [1.807, 2.05) is 13.0 Å². The summed E-state index contributed by atoms with van der Waals surface area (Å²) in [6.07, 6.45) is 0. The Morgan fingerprint density at radius 3 is 2.33 bits per heavy atom. The molecule has 0 saturated carbocycles. The summed E-state index contributed by atoms with van der Waals surface area (Å²) in [5, 5.41) is 0. The number of hydrogen-bond donors (Lipinski definition) is 0. The zero-order chi connectivity index (χ0) is 9.35. The molecule has 0 aromatic heterocycles. The second-order valence-electron chi connectivity index (χ2n) is 3.43. The molecule has 0 nitrogen and oxygen atoms in total. The largest absolute Gasteiger partial charge is 0.207 e. The average molecular weight is 278 g/mol. The smallest absolute Gasteiger partial charge is 0.123 e. The summed E-state index contributed by atoms with van der Waals surface area (Å²) in [5.41, 5.74) is 2.22. The molecule has 0 heterocycles. The molecule has 0 saturated heterocycles. The van der Waals surface area contributed by atoms with E-state index in [0.717, 1.165) is 5.56 Å². The fourth-order valence-electron chi connectivity index (χ4n) is 1.29. The van der Waals surface area contributed by atoms with Gasteiger partial charge in [-0.3, -0.25) is 0 Å². The molecular weight excluding hydrogens is 266 g/mol. The third kappa shape index (κ3) is 2.19. The Morgan fingerprint density at radius 1 is 1.33 bits per heavy atom. The van der Waals surface area contributed by atoms with E-state index in [2.05, 4.69) is 36.4 Å². The second-order valence-corrected chi connectivity index (χ2v) is 6.13. The minimum Gasteiger partial charge on any atom is -0.207 e. The SMILES string of the molecule is Cc1cc(F)ccc1C(C)(C)I. The lowest BCUT2D eigenvalue weighted by Gasteiger charge is -2.19. The van der Waals surface area contributed by atoms with Crippen LogP contribution in [0.25, 0.3) is 0 Å². The van der Waals surface area contributed by atoms with Crippen LogP contribution in [0.3, 0.4) is 0 Å². The fraction of sp³-hybridized carbons (Fsp3) is 0.400. The lowest BCUT2D eigenvalue weighted by atomic mass is 9.98. The van der Waals surface area contributed by atoms with E-state index in [-0.39, 0.29) is 9.24 Å². The van der Waals surface area contributed by atoms with E-state index >= 15 is 0 Å². The maximum Gasteiger partial charge on any atom is 0.123 e. The van der Waals surface area contributed by atoms with Crippen molar-refractivity contribution in [2.24, 2.45) is 0 Å². The van der Waals surface area contributed by atoms with Crippen LogP contribution in [-0.4, -0.2) is 0 Å². The van der Waals surface area contributed by atoms with Gasteiger partial charge >= 0.3 is 0 Å². The highest BCUT2D eigenvalue weighted by molar-refractivity contribution is 14.1. The van der Waals surface area contributed by atoms with Crippen LogP contribution in [0.1, 0.15) is 25.0 Å². The predicted molar refractivity (Wildman–Crippen MR) is 58.2 cm³/mol. The van der Waals surface area contributed by atoms with E-state index in [1.165, 1.54) is 11.6 Å². The van der Waals surface area contributed by atoms with Crippen LogP contribution in [0, 0.1) is 12.7 Å². The van der Waals surface area contributed by atoms with Crippen molar-refractivity contribution in [2.75, 3.05) is 0 Å². The van der Waals surface area contributed by atoms with Crippen LogP contribution in [0.2, 0.25) is 0 Å². The Hall–Kier alpha value is -0.120. The molecule has 1 aromatic carbocycles. The summed E-state index contributed by atoms with van der Waals surface area (Å²) in [5.74, 6) is -0.156. The highest BCUT2D eigenvalue weighted by Gasteiger charge is 2.17. The molecule has 0 bridgehead atoms. The van der Waals surface area contributed by atoms with Crippen LogP contribution in [-0.2, 0) is 3.42 Å². The van der Waals surface area contributed by atoms with Crippen LogP contribution >= 0.6 is 22.6 Å². The zero-order valence-electron chi connectivity index (χ0n) is 7.49. The first-order valence-corrected chi connectivity index (χ1v) is 4.94. The first-order chi connectivity index (χ1) is 5.41. The molecule has 66 valence electrons.